The summed E-state index contributed by atoms with van der Waals surface area (Å²) < 4.78 is 0. The number of hydrogen-bond acceptors (Lipinski definition) is 1. The molecule has 0 spiro atoms. The fraction of sp³-hybridized carbons (Fsp3) is 0.400. The second kappa shape index (κ2) is 11.0. The maximum atomic E-state index is 13.3. The summed E-state index contributed by atoms with van der Waals surface area (Å²) in [5.74, 6) is 1.94. The van der Waals surface area contributed by atoms with Crippen molar-refractivity contribution in [3.8, 4) is 0 Å². The normalized spacial score (nSPS) is 28.3. The van der Waals surface area contributed by atoms with E-state index in [-0.39, 0.29) is 19.0 Å². The van der Waals surface area contributed by atoms with Gasteiger partial charge < -0.3 is 0 Å². The zero-order valence-corrected chi connectivity index (χ0v) is 22.0. The lowest BCUT2D eigenvalue weighted by Crippen LogP contribution is -2.29. The van der Waals surface area contributed by atoms with Gasteiger partial charge in [0.2, 0.25) is 0 Å². The molecule has 1 heteroatoms. The van der Waals surface area contributed by atoms with E-state index in [4.69, 9.17) is 0 Å². The van der Waals surface area contributed by atoms with Gasteiger partial charge in [0.15, 0.2) is 5.78 Å². The molecule has 0 saturated heterocycles. The first-order valence-electron chi connectivity index (χ1n) is 14.0. The van der Waals surface area contributed by atoms with Crippen molar-refractivity contribution in [1.82, 2.24) is 0 Å². The first kappa shape index (κ1) is 24.8. The molecule has 0 aliphatic heterocycles. The van der Waals surface area contributed by atoms with Crippen molar-refractivity contribution in [3.63, 3.8) is 0 Å². The smallest absolute Gasteiger partial charge is 0.163 e. The van der Waals surface area contributed by atoms with Crippen LogP contribution in [0.15, 0.2) is 96.1 Å². The van der Waals surface area contributed by atoms with Crippen molar-refractivity contribution < 1.29 is 6.22 Å². The lowest BCUT2D eigenvalue weighted by molar-refractivity contribution is -0.118. The molecule has 188 valence electrons. The molecule has 2 unspecified atom stereocenters. The van der Waals surface area contributed by atoms with Crippen LogP contribution in [0.25, 0.3) is 0 Å². The van der Waals surface area contributed by atoms with Gasteiger partial charge in [0.25, 0.3) is 0 Å². The Bertz CT molecular complexity index is 1200. The van der Waals surface area contributed by atoms with Gasteiger partial charge in [-0.25, -0.2) is 0 Å². The Morgan fingerprint density at radius 3 is 2.50 bits per heavy atom. The van der Waals surface area contributed by atoms with E-state index in [1.54, 1.807) is 6.08 Å². The average Bonchev–Trinajstić information content (AvgIpc) is 2.90. The Labute approximate surface area is 219 Å². The zero-order valence-electron chi connectivity index (χ0n) is 22.0. The van der Waals surface area contributed by atoms with E-state index in [1.807, 2.05) is 6.08 Å². The quantitative estimate of drug-likeness (QED) is 0.419. The molecule has 1 fully saturated rings. The fourth-order valence-corrected chi connectivity index (χ4v) is 6.73. The van der Waals surface area contributed by atoms with Gasteiger partial charge in [-0.05, 0) is 103 Å². The summed E-state index contributed by atoms with van der Waals surface area (Å²) in [6.07, 6.45) is 17.6. The number of carbonyl (C=O) groups is 1. The van der Waals surface area contributed by atoms with Crippen molar-refractivity contribution in [1.29, 1.82) is 0 Å². The van der Waals surface area contributed by atoms with Crippen LogP contribution in [-0.4, -0.2) is 5.78 Å². The van der Waals surface area contributed by atoms with Crippen molar-refractivity contribution in [2.24, 2.45) is 11.8 Å². The number of ketones is 1. The first-order chi connectivity index (χ1) is 17.5. The molecule has 0 radical (unpaired) electrons. The molecule has 2 aromatic carbocycles. The molecule has 3 aliphatic rings. The summed E-state index contributed by atoms with van der Waals surface area (Å²) >= 11 is 0. The highest BCUT2D eigenvalue weighted by Crippen LogP contribution is 2.44. The molecule has 0 aromatic heterocycles. The van der Waals surface area contributed by atoms with E-state index in [0.717, 1.165) is 54.2 Å². The number of aryl methyl sites for hydroxylation is 1. The van der Waals surface area contributed by atoms with Crippen LogP contribution in [0.1, 0.15) is 87.9 Å². The first-order valence-corrected chi connectivity index (χ1v) is 14.0. The van der Waals surface area contributed by atoms with Gasteiger partial charge in [0.05, 0.1) is 5.92 Å². The van der Waals surface area contributed by atoms with Crippen LogP contribution in [0.5, 0.6) is 0 Å². The van der Waals surface area contributed by atoms with Crippen LogP contribution in [0.2, 0.25) is 0 Å². The van der Waals surface area contributed by atoms with Crippen LogP contribution in [0.3, 0.4) is 0 Å². The molecule has 0 N–H and O–H groups in total. The molecule has 2 atom stereocenters. The molecule has 0 bridgehead atoms. The summed E-state index contributed by atoms with van der Waals surface area (Å²) in [7, 11) is 0. The van der Waals surface area contributed by atoms with Gasteiger partial charge in [-0.1, -0.05) is 98.7 Å². The molecule has 3 aliphatic carbocycles. The highest BCUT2D eigenvalue weighted by Gasteiger charge is 2.36. The van der Waals surface area contributed by atoms with E-state index in [0.29, 0.717) is 0 Å². The molecule has 1 nitrogen and oxygen atoms in total. The summed E-state index contributed by atoms with van der Waals surface area (Å²) in [6, 6.07) is 18.0. The second-order valence-corrected chi connectivity index (χ2v) is 11.3. The molecule has 5 rings (SSSR count). The van der Waals surface area contributed by atoms with Gasteiger partial charge in [-0.2, -0.15) is 0 Å². The lowest BCUT2D eigenvalue weighted by atomic mass is 9.68. The molecule has 1 saturated carbocycles. The van der Waals surface area contributed by atoms with Crippen molar-refractivity contribution in [2.45, 2.75) is 77.0 Å². The maximum Gasteiger partial charge on any atom is 0.163 e. The number of benzene rings is 2. The molecule has 0 amide bonds. The van der Waals surface area contributed by atoms with E-state index in [9.17, 15) is 4.79 Å². The Hall–Kier alpha value is -2.93. The Morgan fingerprint density at radius 1 is 1.00 bits per heavy atom. The molecule has 2 aromatic rings. The van der Waals surface area contributed by atoms with E-state index < -0.39 is 0 Å². The summed E-state index contributed by atoms with van der Waals surface area (Å²) in [6.45, 7) is 8.90. The Kier molecular flexibility index (Phi) is 7.56. The lowest BCUT2D eigenvalue weighted by Gasteiger charge is -2.35. The minimum atomic E-state index is -0.129. The van der Waals surface area contributed by atoms with Crippen molar-refractivity contribution in [3.05, 3.63) is 118 Å². The minimum Gasteiger partial charge on any atom is -0.294 e. The summed E-state index contributed by atoms with van der Waals surface area (Å²) in [5.41, 5.74) is 8.92. The third kappa shape index (κ3) is 5.26. The maximum absolute atomic E-state index is 13.3. The van der Waals surface area contributed by atoms with Gasteiger partial charge >= 0.3 is 0 Å². The van der Waals surface area contributed by atoms with Crippen LogP contribution >= 0.6 is 0 Å². The standard InChI is InChI=1S/C35H40O.H2/c1-4-27-20-21-34(36)35(32-11-7-9-30-8-5-6-10-31(30)32)33(27)23-25(3)22-26-14-18-29(19-15-26)28-16-12-24(2)13-17-28;/h4-6,8,10,14-15,18-21,23-24,28,32,35H,3,7,9,11-13,16-17,22H2,1-2H3;1H/b27-4-,33-23+;. The summed E-state index contributed by atoms with van der Waals surface area (Å²) in [4.78, 5) is 13.3. The minimum absolute atomic E-state index is 0. The number of allylic oxidation sites excluding steroid dienone is 7. The average molecular weight is 479 g/mol. The van der Waals surface area contributed by atoms with E-state index >= 15 is 0 Å². The zero-order chi connectivity index (χ0) is 25.1. The van der Waals surface area contributed by atoms with Crippen molar-refractivity contribution in [2.75, 3.05) is 0 Å². The highest BCUT2D eigenvalue weighted by atomic mass is 16.1. The third-order valence-corrected chi connectivity index (χ3v) is 8.79. The largest absolute Gasteiger partial charge is 0.294 e. The molecular weight excluding hydrogens is 436 g/mol. The number of hydrogen-bond donors (Lipinski definition) is 0. The van der Waals surface area contributed by atoms with Crippen LogP contribution in [-0.2, 0) is 17.6 Å². The Morgan fingerprint density at radius 2 is 1.75 bits per heavy atom. The predicted octanol–water partition coefficient (Wildman–Crippen LogP) is 9.07. The van der Waals surface area contributed by atoms with E-state index in [2.05, 4.69) is 81.1 Å². The van der Waals surface area contributed by atoms with Gasteiger partial charge in [-0.15, -0.1) is 0 Å². The fourth-order valence-electron chi connectivity index (χ4n) is 6.73. The second-order valence-electron chi connectivity index (χ2n) is 11.3. The van der Waals surface area contributed by atoms with Gasteiger partial charge in [0.1, 0.15) is 0 Å². The van der Waals surface area contributed by atoms with Gasteiger partial charge in [-0.3, -0.25) is 4.79 Å². The summed E-state index contributed by atoms with van der Waals surface area (Å²) in [5, 5.41) is 0. The molecule has 0 heterocycles. The van der Waals surface area contributed by atoms with E-state index in [1.165, 1.54) is 47.9 Å². The van der Waals surface area contributed by atoms with Crippen molar-refractivity contribution >= 4 is 5.78 Å². The third-order valence-electron chi connectivity index (χ3n) is 8.79. The monoisotopic (exact) mass is 478 g/mol. The van der Waals surface area contributed by atoms with Crippen LogP contribution < -0.4 is 0 Å². The van der Waals surface area contributed by atoms with Gasteiger partial charge in [0, 0.05) is 1.43 Å². The molecule has 36 heavy (non-hydrogen) atoms. The molecular formula is C35H42O. The SMILES string of the molecule is C=C(/C=C1\C(=C/C)C=CC(=O)C1C1CCCc2ccccc21)Cc1ccc(C2CCC(C)CC2)cc1.[HH]. The topological polar surface area (TPSA) is 17.1 Å². The highest BCUT2D eigenvalue weighted by molar-refractivity contribution is 5.98. The number of rotatable bonds is 5. The van der Waals surface area contributed by atoms with Crippen LogP contribution in [0, 0.1) is 11.8 Å². The number of fused-ring (bicyclic) bond motifs is 1. The number of carbonyl (C=O) groups excluding carboxylic acids is 1. The van der Waals surface area contributed by atoms with Crippen LogP contribution in [0.4, 0.5) is 0 Å². The Balaban J connectivity index is 0.00000320. The predicted molar refractivity (Wildman–Crippen MR) is 153 cm³/mol.